The van der Waals surface area contributed by atoms with E-state index in [9.17, 15) is 5.26 Å². The van der Waals surface area contributed by atoms with Crippen molar-refractivity contribution in [3.05, 3.63) is 24.0 Å². The lowest BCUT2D eigenvalue weighted by Crippen LogP contribution is -2.63. The van der Waals surface area contributed by atoms with Crippen molar-refractivity contribution in [1.82, 2.24) is 20.4 Å². The summed E-state index contributed by atoms with van der Waals surface area (Å²) in [6, 6.07) is 2.33. The monoisotopic (exact) mass is 373 g/mol. The molecular formula is C21H35N5O. The minimum Gasteiger partial charge on any atom is -0.381 e. The SMILES string of the molecule is CC(C)CN1CCN(C2(CNC3=CC=CC(C)(C#N)N3)CCOCC2)CC1. The molecule has 3 aliphatic rings. The third-order valence-corrected chi connectivity index (χ3v) is 6.02. The van der Waals surface area contributed by atoms with Crippen molar-refractivity contribution in [2.75, 3.05) is 52.5 Å². The number of ether oxygens (including phenoxy) is 1. The Bertz CT molecular complexity index is 594. The first-order valence-corrected chi connectivity index (χ1v) is 10.3. The van der Waals surface area contributed by atoms with Crippen molar-refractivity contribution in [2.24, 2.45) is 5.92 Å². The van der Waals surface area contributed by atoms with Crippen LogP contribution in [0.3, 0.4) is 0 Å². The molecule has 27 heavy (non-hydrogen) atoms. The van der Waals surface area contributed by atoms with Crippen LogP contribution in [-0.2, 0) is 4.74 Å². The van der Waals surface area contributed by atoms with Gasteiger partial charge >= 0.3 is 0 Å². The van der Waals surface area contributed by atoms with E-state index in [1.807, 2.05) is 25.2 Å². The Kier molecular flexibility index (Phi) is 6.46. The quantitative estimate of drug-likeness (QED) is 0.739. The van der Waals surface area contributed by atoms with Crippen molar-refractivity contribution in [3.63, 3.8) is 0 Å². The predicted molar refractivity (Wildman–Crippen MR) is 108 cm³/mol. The lowest BCUT2D eigenvalue weighted by Gasteiger charge is -2.50. The summed E-state index contributed by atoms with van der Waals surface area (Å²) >= 11 is 0. The molecule has 3 rings (SSSR count). The lowest BCUT2D eigenvalue weighted by molar-refractivity contribution is -0.0465. The summed E-state index contributed by atoms with van der Waals surface area (Å²) in [5, 5.41) is 16.3. The lowest BCUT2D eigenvalue weighted by atomic mass is 9.87. The van der Waals surface area contributed by atoms with Crippen LogP contribution in [0, 0.1) is 17.2 Å². The van der Waals surface area contributed by atoms with Crippen LogP contribution in [0.2, 0.25) is 0 Å². The van der Waals surface area contributed by atoms with Crippen molar-refractivity contribution in [3.8, 4) is 6.07 Å². The van der Waals surface area contributed by atoms with Gasteiger partial charge in [-0.2, -0.15) is 5.26 Å². The Balaban J connectivity index is 1.61. The maximum atomic E-state index is 9.38. The number of piperazine rings is 1. The van der Waals surface area contributed by atoms with Crippen molar-refractivity contribution in [2.45, 2.75) is 44.7 Å². The largest absolute Gasteiger partial charge is 0.381 e. The number of rotatable bonds is 6. The van der Waals surface area contributed by atoms with Gasteiger partial charge in [-0.1, -0.05) is 19.9 Å². The molecule has 0 radical (unpaired) electrons. The van der Waals surface area contributed by atoms with Gasteiger partial charge in [0.2, 0.25) is 0 Å². The Morgan fingerprint density at radius 1 is 1.26 bits per heavy atom. The fourth-order valence-corrected chi connectivity index (χ4v) is 4.41. The minimum absolute atomic E-state index is 0.134. The molecule has 1 atom stereocenters. The summed E-state index contributed by atoms with van der Waals surface area (Å²) in [5.41, 5.74) is -0.503. The molecule has 0 amide bonds. The van der Waals surface area contributed by atoms with Gasteiger partial charge in [-0.05, 0) is 37.8 Å². The van der Waals surface area contributed by atoms with E-state index in [1.165, 1.54) is 6.54 Å². The zero-order chi connectivity index (χ0) is 19.3. The van der Waals surface area contributed by atoms with Crippen molar-refractivity contribution in [1.29, 1.82) is 5.26 Å². The highest BCUT2D eigenvalue weighted by atomic mass is 16.5. The van der Waals surface area contributed by atoms with Crippen LogP contribution < -0.4 is 10.6 Å². The molecule has 0 bridgehead atoms. The highest BCUT2D eigenvalue weighted by Gasteiger charge is 2.40. The van der Waals surface area contributed by atoms with Gasteiger partial charge in [0, 0.05) is 58.0 Å². The first-order chi connectivity index (χ1) is 12.9. The average Bonchev–Trinajstić information content (AvgIpc) is 2.67. The van der Waals surface area contributed by atoms with Gasteiger partial charge in [0.05, 0.1) is 6.07 Å². The predicted octanol–water partition coefficient (Wildman–Crippen LogP) is 1.68. The molecule has 0 aliphatic carbocycles. The molecule has 3 aliphatic heterocycles. The summed E-state index contributed by atoms with van der Waals surface area (Å²) < 4.78 is 5.68. The highest BCUT2D eigenvalue weighted by Crippen LogP contribution is 2.29. The Morgan fingerprint density at radius 2 is 1.96 bits per heavy atom. The maximum Gasteiger partial charge on any atom is 0.142 e. The molecule has 1 unspecified atom stereocenters. The fraction of sp³-hybridized carbons (Fsp3) is 0.762. The smallest absolute Gasteiger partial charge is 0.142 e. The second-order valence-corrected chi connectivity index (χ2v) is 8.75. The van der Waals surface area contributed by atoms with E-state index in [0.29, 0.717) is 0 Å². The molecule has 0 spiro atoms. The number of nitrogens with one attached hydrogen (secondary N) is 2. The maximum absolute atomic E-state index is 9.38. The molecule has 3 heterocycles. The van der Waals surface area contributed by atoms with Crippen LogP contribution in [0.15, 0.2) is 24.0 Å². The van der Waals surface area contributed by atoms with E-state index in [2.05, 4.69) is 40.4 Å². The topological polar surface area (TPSA) is 63.6 Å². The van der Waals surface area contributed by atoms with Crippen LogP contribution in [-0.4, -0.2) is 73.4 Å². The summed E-state index contributed by atoms with van der Waals surface area (Å²) in [6.45, 7) is 14.8. The molecule has 6 nitrogen and oxygen atoms in total. The van der Waals surface area contributed by atoms with Crippen LogP contribution in [0.4, 0.5) is 0 Å². The number of allylic oxidation sites excluding steroid dienone is 2. The van der Waals surface area contributed by atoms with Crippen molar-refractivity contribution < 1.29 is 4.74 Å². The number of nitrogens with zero attached hydrogens (tertiary/aromatic N) is 3. The van der Waals surface area contributed by atoms with Gasteiger partial charge in [0.1, 0.15) is 11.4 Å². The van der Waals surface area contributed by atoms with E-state index in [-0.39, 0.29) is 5.54 Å². The van der Waals surface area contributed by atoms with Crippen LogP contribution in [0.1, 0.15) is 33.6 Å². The zero-order valence-corrected chi connectivity index (χ0v) is 17.1. The summed E-state index contributed by atoms with van der Waals surface area (Å²) in [4.78, 5) is 5.28. The molecule has 150 valence electrons. The Labute approximate surface area is 164 Å². The average molecular weight is 374 g/mol. The summed E-state index contributed by atoms with van der Waals surface area (Å²) in [7, 11) is 0. The summed E-state index contributed by atoms with van der Waals surface area (Å²) in [5.74, 6) is 1.66. The van der Waals surface area contributed by atoms with Gasteiger partial charge in [-0.15, -0.1) is 0 Å². The van der Waals surface area contributed by atoms with Crippen molar-refractivity contribution >= 4 is 0 Å². The first kappa shape index (κ1) is 20.2. The minimum atomic E-state index is -0.637. The van der Waals surface area contributed by atoms with Gasteiger partial charge in [0.25, 0.3) is 0 Å². The van der Waals surface area contributed by atoms with E-state index < -0.39 is 5.54 Å². The van der Waals surface area contributed by atoms with E-state index >= 15 is 0 Å². The molecule has 2 saturated heterocycles. The molecule has 0 aromatic carbocycles. The van der Waals surface area contributed by atoms with Gasteiger partial charge < -0.3 is 20.3 Å². The molecular weight excluding hydrogens is 338 g/mol. The first-order valence-electron chi connectivity index (χ1n) is 10.3. The van der Waals surface area contributed by atoms with Crippen LogP contribution in [0.5, 0.6) is 0 Å². The number of hydrogen-bond donors (Lipinski definition) is 2. The zero-order valence-electron chi connectivity index (χ0n) is 17.1. The third-order valence-electron chi connectivity index (χ3n) is 6.02. The van der Waals surface area contributed by atoms with Crippen LogP contribution in [0.25, 0.3) is 0 Å². The molecule has 6 heteroatoms. The number of nitriles is 1. The molecule has 0 aromatic heterocycles. The molecule has 0 saturated carbocycles. The van der Waals surface area contributed by atoms with E-state index in [0.717, 1.165) is 70.5 Å². The van der Waals surface area contributed by atoms with Gasteiger partial charge in [0.15, 0.2) is 0 Å². The number of dihydropyridines is 1. The fourth-order valence-electron chi connectivity index (χ4n) is 4.41. The molecule has 2 fully saturated rings. The Hall–Kier alpha value is -1.55. The van der Waals surface area contributed by atoms with Crippen LogP contribution >= 0.6 is 0 Å². The molecule has 0 aromatic rings. The number of hydrogen-bond acceptors (Lipinski definition) is 6. The summed E-state index contributed by atoms with van der Waals surface area (Å²) in [6.07, 6.45) is 8.00. The normalized spacial score (nSPS) is 29.1. The third kappa shape index (κ3) is 5.04. The second-order valence-electron chi connectivity index (χ2n) is 8.75. The van der Waals surface area contributed by atoms with E-state index in [4.69, 9.17) is 4.74 Å². The standard InChI is InChI=1S/C21H35N5O/c1-18(2)15-25-9-11-26(12-10-25)21(7-13-27-14-8-21)17-23-19-5-4-6-20(3,16-22)24-19/h4-6,18,23-24H,7-15,17H2,1-3H3. The second kappa shape index (κ2) is 8.64. The molecule has 2 N–H and O–H groups in total. The van der Waals surface area contributed by atoms with Gasteiger partial charge in [-0.25, -0.2) is 0 Å². The highest BCUT2D eigenvalue weighted by molar-refractivity contribution is 5.30. The van der Waals surface area contributed by atoms with Gasteiger partial charge in [-0.3, -0.25) is 4.90 Å². The Morgan fingerprint density at radius 3 is 2.59 bits per heavy atom. The van der Waals surface area contributed by atoms with E-state index in [1.54, 1.807) is 0 Å².